The van der Waals surface area contributed by atoms with Gasteiger partial charge in [0, 0.05) is 6.54 Å². The summed E-state index contributed by atoms with van der Waals surface area (Å²) >= 11 is 0. The van der Waals surface area contributed by atoms with Crippen LogP contribution in [0.4, 0.5) is 0 Å². The van der Waals surface area contributed by atoms with Crippen molar-refractivity contribution in [3.05, 3.63) is 35.9 Å². The molecule has 0 amide bonds. The van der Waals surface area contributed by atoms with Crippen LogP contribution in [0, 0.1) is 0 Å². The van der Waals surface area contributed by atoms with Gasteiger partial charge in [0.15, 0.2) is 0 Å². The van der Waals surface area contributed by atoms with E-state index in [-0.39, 0.29) is 37.7 Å². The maximum atomic E-state index is 11.7. The molecule has 1 aliphatic heterocycles. The van der Waals surface area contributed by atoms with Gasteiger partial charge >= 0.3 is 11.9 Å². The minimum atomic E-state index is -0.328. The quantitative estimate of drug-likeness (QED) is 0.758. The van der Waals surface area contributed by atoms with Crippen LogP contribution in [-0.4, -0.2) is 42.6 Å². The van der Waals surface area contributed by atoms with E-state index >= 15 is 0 Å². The van der Waals surface area contributed by atoms with Crippen LogP contribution in [0.2, 0.25) is 0 Å². The van der Waals surface area contributed by atoms with Crippen molar-refractivity contribution in [2.45, 2.75) is 19.6 Å². The summed E-state index contributed by atoms with van der Waals surface area (Å²) in [5.74, 6) is -0.625. The molecular weight excluding hydrogens is 246 g/mol. The second-order valence-corrected chi connectivity index (χ2v) is 4.62. The fourth-order valence-corrected chi connectivity index (χ4v) is 2.00. The molecular formula is C14H17NO4. The first-order chi connectivity index (χ1) is 9.13. The molecule has 2 rings (SSSR count). The minimum Gasteiger partial charge on any atom is -0.460 e. The highest BCUT2D eigenvalue weighted by Gasteiger charge is 2.25. The molecule has 0 aliphatic carbocycles. The van der Waals surface area contributed by atoms with Crippen molar-refractivity contribution in [2.24, 2.45) is 0 Å². The van der Waals surface area contributed by atoms with Crippen LogP contribution in [-0.2, 0) is 25.7 Å². The van der Waals surface area contributed by atoms with Crippen LogP contribution in [0.15, 0.2) is 30.3 Å². The van der Waals surface area contributed by atoms with Gasteiger partial charge in [-0.1, -0.05) is 30.3 Å². The predicted octanol–water partition coefficient (Wildman–Crippen LogP) is 0.977. The Balaban J connectivity index is 1.76. The molecule has 0 bridgehead atoms. The van der Waals surface area contributed by atoms with Gasteiger partial charge in [0.2, 0.25) is 0 Å². The average Bonchev–Trinajstić information content (AvgIpc) is 2.36. The van der Waals surface area contributed by atoms with E-state index in [1.54, 1.807) is 11.8 Å². The molecule has 5 nitrogen and oxygen atoms in total. The third-order valence-corrected chi connectivity index (χ3v) is 2.80. The molecule has 1 fully saturated rings. The Morgan fingerprint density at radius 1 is 1.42 bits per heavy atom. The van der Waals surface area contributed by atoms with Gasteiger partial charge in [-0.15, -0.1) is 0 Å². The van der Waals surface area contributed by atoms with Crippen LogP contribution in [0.1, 0.15) is 12.5 Å². The largest absolute Gasteiger partial charge is 0.460 e. The van der Waals surface area contributed by atoms with Crippen molar-refractivity contribution < 1.29 is 19.1 Å². The first kappa shape index (κ1) is 13.5. The minimum absolute atomic E-state index is 0.117. The van der Waals surface area contributed by atoms with Crippen molar-refractivity contribution in [2.75, 3.05) is 19.6 Å². The number of carbonyl (C=O) groups excluding carboxylic acids is 2. The second kappa shape index (κ2) is 6.33. The zero-order valence-electron chi connectivity index (χ0n) is 10.9. The van der Waals surface area contributed by atoms with Gasteiger partial charge < -0.3 is 9.47 Å². The Morgan fingerprint density at radius 3 is 2.84 bits per heavy atom. The van der Waals surface area contributed by atoms with E-state index < -0.39 is 0 Å². The second-order valence-electron chi connectivity index (χ2n) is 4.62. The molecule has 0 N–H and O–H groups in total. The Kier molecular flexibility index (Phi) is 4.52. The summed E-state index contributed by atoms with van der Waals surface area (Å²) in [7, 11) is 0. The summed E-state index contributed by atoms with van der Waals surface area (Å²) in [4.78, 5) is 24.7. The molecule has 1 aromatic carbocycles. The molecule has 1 atom stereocenters. The zero-order chi connectivity index (χ0) is 13.7. The molecule has 0 aromatic heterocycles. The Labute approximate surface area is 112 Å². The lowest BCUT2D eigenvalue weighted by molar-refractivity contribution is -0.160. The van der Waals surface area contributed by atoms with Gasteiger partial charge in [-0.3, -0.25) is 14.5 Å². The zero-order valence-corrected chi connectivity index (χ0v) is 10.9. The number of cyclic esters (lactones) is 1. The van der Waals surface area contributed by atoms with Crippen molar-refractivity contribution >= 4 is 11.9 Å². The third-order valence-electron chi connectivity index (χ3n) is 2.80. The molecule has 1 aliphatic rings. The standard InChI is InChI=1S/C14H17NO4/c1-11-7-15(9-14(17)19-11)8-13(16)18-10-12-5-3-2-4-6-12/h2-6,11H,7-10H2,1H3/t11-/m0/s1. The van der Waals surface area contributed by atoms with Gasteiger partial charge in [-0.2, -0.15) is 0 Å². The maximum absolute atomic E-state index is 11.7. The van der Waals surface area contributed by atoms with Crippen molar-refractivity contribution in [1.82, 2.24) is 4.90 Å². The maximum Gasteiger partial charge on any atom is 0.320 e. The lowest BCUT2D eigenvalue weighted by atomic mass is 10.2. The Bertz CT molecular complexity index is 446. The van der Waals surface area contributed by atoms with Crippen LogP contribution < -0.4 is 0 Å². The number of rotatable bonds is 4. The Morgan fingerprint density at radius 2 is 2.16 bits per heavy atom. The van der Waals surface area contributed by atoms with Crippen LogP contribution in [0.3, 0.4) is 0 Å². The number of benzene rings is 1. The van der Waals surface area contributed by atoms with Crippen molar-refractivity contribution in [3.8, 4) is 0 Å². The SMILES string of the molecule is C[C@H]1CN(CC(=O)OCc2ccccc2)CC(=O)O1. The summed E-state index contributed by atoms with van der Waals surface area (Å²) in [5, 5.41) is 0. The third kappa shape index (κ3) is 4.37. The molecule has 1 aromatic rings. The summed E-state index contributed by atoms with van der Waals surface area (Å²) in [6, 6.07) is 9.49. The lowest BCUT2D eigenvalue weighted by Gasteiger charge is -2.29. The topological polar surface area (TPSA) is 55.8 Å². The normalized spacial score (nSPS) is 19.8. The van der Waals surface area contributed by atoms with Crippen molar-refractivity contribution in [1.29, 1.82) is 0 Å². The highest BCUT2D eigenvalue weighted by molar-refractivity contribution is 5.75. The lowest BCUT2D eigenvalue weighted by Crippen LogP contribution is -2.46. The molecule has 0 spiro atoms. The number of esters is 2. The van der Waals surface area contributed by atoms with Crippen LogP contribution in [0.5, 0.6) is 0 Å². The van der Waals surface area contributed by atoms with Crippen LogP contribution >= 0.6 is 0 Å². The smallest absolute Gasteiger partial charge is 0.320 e. The van der Waals surface area contributed by atoms with E-state index in [1.807, 2.05) is 30.3 Å². The Hall–Kier alpha value is -1.88. The van der Waals surface area contributed by atoms with Gasteiger partial charge in [-0.25, -0.2) is 0 Å². The first-order valence-corrected chi connectivity index (χ1v) is 6.25. The molecule has 1 saturated heterocycles. The number of morpholine rings is 1. The summed E-state index contributed by atoms with van der Waals surface area (Å²) < 4.78 is 10.2. The molecule has 0 unspecified atom stereocenters. The first-order valence-electron chi connectivity index (χ1n) is 6.25. The summed E-state index contributed by atoms with van der Waals surface area (Å²) in [6.45, 7) is 2.89. The van der Waals surface area contributed by atoms with E-state index in [0.717, 1.165) is 5.56 Å². The van der Waals surface area contributed by atoms with E-state index in [2.05, 4.69) is 0 Å². The number of carbonyl (C=O) groups is 2. The highest BCUT2D eigenvalue weighted by Crippen LogP contribution is 2.06. The number of ether oxygens (including phenoxy) is 2. The van der Waals surface area contributed by atoms with Gasteiger partial charge in [-0.05, 0) is 12.5 Å². The predicted molar refractivity (Wildman–Crippen MR) is 68.2 cm³/mol. The molecule has 5 heteroatoms. The number of hydrogen-bond acceptors (Lipinski definition) is 5. The molecule has 0 saturated carbocycles. The van der Waals surface area contributed by atoms with Gasteiger partial charge in [0.1, 0.15) is 12.7 Å². The van der Waals surface area contributed by atoms with Crippen LogP contribution in [0.25, 0.3) is 0 Å². The average molecular weight is 263 g/mol. The monoisotopic (exact) mass is 263 g/mol. The van der Waals surface area contributed by atoms with E-state index in [0.29, 0.717) is 6.54 Å². The van der Waals surface area contributed by atoms with E-state index in [9.17, 15) is 9.59 Å². The van der Waals surface area contributed by atoms with E-state index in [1.165, 1.54) is 0 Å². The molecule has 1 heterocycles. The van der Waals surface area contributed by atoms with Gasteiger partial charge in [0.25, 0.3) is 0 Å². The summed E-state index contributed by atoms with van der Waals surface area (Å²) in [6.07, 6.45) is -0.178. The molecule has 102 valence electrons. The molecule has 19 heavy (non-hydrogen) atoms. The van der Waals surface area contributed by atoms with Crippen molar-refractivity contribution in [3.63, 3.8) is 0 Å². The molecule has 0 radical (unpaired) electrons. The number of nitrogens with zero attached hydrogens (tertiary/aromatic N) is 1. The number of hydrogen-bond donors (Lipinski definition) is 0. The fraction of sp³-hybridized carbons (Fsp3) is 0.429. The van der Waals surface area contributed by atoms with E-state index in [4.69, 9.17) is 9.47 Å². The summed E-state index contributed by atoms with van der Waals surface area (Å²) in [5.41, 5.74) is 0.947. The fourth-order valence-electron chi connectivity index (χ4n) is 2.00. The van der Waals surface area contributed by atoms with Gasteiger partial charge in [0.05, 0.1) is 13.1 Å². The highest BCUT2D eigenvalue weighted by atomic mass is 16.5.